The lowest BCUT2D eigenvalue weighted by Gasteiger charge is -2.43. The second-order valence-corrected chi connectivity index (χ2v) is 15.3. The number of benzene rings is 1. The summed E-state index contributed by atoms with van der Waals surface area (Å²) in [5.74, 6) is -0.0376. The molecular weight excluding hydrogens is 380 g/mol. The molecule has 1 aromatic rings. The molecule has 1 fully saturated rings. The van der Waals surface area contributed by atoms with Crippen LogP contribution < -0.4 is 0 Å². The molecule has 29 heavy (non-hydrogen) atoms. The molecule has 0 unspecified atom stereocenters. The maximum absolute atomic E-state index is 6.93. The second kappa shape index (κ2) is 9.61. The summed E-state index contributed by atoms with van der Waals surface area (Å²) in [5.41, 5.74) is 1.20. The average Bonchev–Trinajstić information content (AvgIpc) is 2.99. The molecule has 1 saturated heterocycles. The third kappa shape index (κ3) is 6.89. The molecule has 2 rings (SSSR count). The molecule has 1 aliphatic heterocycles. The fourth-order valence-electron chi connectivity index (χ4n) is 3.48. The average molecular weight is 423 g/mol. The fraction of sp³-hybridized carbons (Fsp3) is 0.750. The van der Waals surface area contributed by atoms with Gasteiger partial charge in [-0.1, -0.05) is 65.0 Å². The molecule has 1 heterocycles. The van der Waals surface area contributed by atoms with E-state index in [9.17, 15) is 0 Å². The largest absolute Gasteiger partial charge is 0.413 e. The van der Waals surface area contributed by atoms with Gasteiger partial charge in [-0.15, -0.1) is 0 Å². The van der Waals surface area contributed by atoms with E-state index in [0.717, 1.165) is 0 Å². The van der Waals surface area contributed by atoms with Crippen LogP contribution in [-0.2, 0) is 25.2 Å². The Morgan fingerprint density at radius 1 is 1.14 bits per heavy atom. The summed E-state index contributed by atoms with van der Waals surface area (Å²) in [6, 6.07) is 10.3. The molecule has 0 radical (unpaired) electrons. The Hall–Kier alpha value is -0.723. The predicted molar refractivity (Wildman–Crippen MR) is 121 cm³/mol. The second-order valence-electron chi connectivity index (χ2n) is 10.5. The SMILES string of the molecule is C[C@H]([C@H](O[Si](C)(C)C(C)(C)C)[C@@H](C)COCc1ccccc1)[C@@H]1COC(C)(C)O1. The molecule has 166 valence electrons. The highest BCUT2D eigenvalue weighted by Gasteiger charge is 2.45. The fourth-order valence-corrected chi connectivity index (χ4v) is 4.96. The van der Waals surface area contributed by atoms with E-state index in [4.69, 9.17) is 18.6 Å². The van der Waals surface area contributed by atoms with Gasteiger partial charge in [0.25, 0.3) is 0 Å². The van der Waals surface area contributed by atoms with Gasteiger partial charge in [0.1, 0.15) is 0 Å². The normalized spacial score (nSPS) is 23.0. The zero-order chi connectivity index (χ0) is 21.9. The number of hydrogen-bond acceptors (Lipinski definition) is 4. The van der Waals surface area contributed by atoms with Crippen molar-refractivity contribution in [1.82, 2.24) is 0 Å². The molecular formula is C24H42O4Si. The molecule has 5 heteroatoms. The van der Waals surface area contributed by atoms with Crippen molar-refractivity contribution in [3.8, 4) is 0 Å². The third-order valence-electron chi connectivity index (χ3n) is 6.43. The van der Waals surface area contributed by atoms with E-state index in [0.29, 0.717) is 19.8 Å². The Morgan fingerprint density at radius 3 is 2.28 bits per heavy atom. The lowest BCUT2D eigenvalue weighted by molar-refractivity contribution is -0.150. The first-order valence-corrected chi connectivity index (χ1v) is 13.8. The zero-order valence-corrected chi connectivity index (χ0v) is 21.0. The van der Waals surface area contributed by atoms with Crippen molar-refractivity contribution in [3.05, 3.63) is 35.9 Å². The van der Waals surface area contributed by atoms with Gasteiger partial charge in [0.15, 0.2) is 14.1 Å². The number of ether oxygens (including phenoxy) is 3. The highest BCUT2D eigenvalue weighted by molar-refractivity contribution is 6.74. The topological polar surface area (TPSA) is 36.9 Å². The monoisotopic (exact) mass is 422 g/mol. The van der Waals surface area contributed by atoms with Crippen molar-refractivity contribution in [2.75, 3.05) is 13.2 Å². The summed E-state index contributed by atoms with van der Waals surface area (Å²) in [7, 11) is -1.94. The molecule has 0 aromatic heterocycles. The number of rotatable bonds is 9. The molecule has 0 amide bonds. The van der Waals surface area contributed by atoms with Crippen molar-refractivity contribution in [2.45, 2.75) is 91.2 Å². The van der Waals surface area contributed by atoms with Gasteiger partial charge in [-0.25, -0.2) is 0 Å². The Kier molecular flexibility index (Phi) is 8.13. The third-order valence-corrected chi connectivity index (χ3v) is 10.9. The van der Waals surface area contributed by atoms with Gasteiger partial charge >= 0.3 is 0 Å². The van der Waals surface area contributed by atoms with Crippen LogP contribution in [-0.4, -0.2) is 39.5 Å². The van der Waals surface area contributed by atoms with E-state index in [1.165, 1.54) is 5.56 Å². The molecule has 0 spiro atoms. The molecule has 4 atom stereocenters. The summed E-state index contributed by atoms with van der Waals surface area (Å²) in [6.45, 7) is 21.8. The lowest BCUT2D eigenvalue weighted by Crippen LogP contribution is -2.50. The van der Waals surface area contributed by atoms with E-state index >= 15 is 0 Å². The van der Waals surface area contributed by atoms with Crippen LogP contribution in [0.4, 0.5) is 0 Å². The molecule has 0 N–H and O–H groups in total. The van der Waals surface area contributed by atoms with Crippen LogP contribution in [0.1, 0.15) is 54.0 Å². The van der Waals surface area contributed by atoms with Gasteiger partial charge in [-0.2, -0.15) is 0 Å². The first-order chi connectivity index (χ1) is 13.3. The van der Waals surface area contributed by atoms with Crippen LogP contribution in [0.25, 0.3) is 0 Å². The van der Waals surface area contributed by atoms with Crippen LogP contribution in [0.5, 0.6) is 0 Å². The van der Waals surface area contributed by atoms with E-state index in [1.54, 1.807) is 0 Å². The van der Waals surface area contributed by atoms with Crippen LogP contribution in [0.15, 0.2) is 30.3 Å². The van der Waals surface area contributed by atoms with Crippen LogP contribution in [0, 0.1) is 11.8 Å². The quantitative estimate of drug-likeness (QED) is 0.456. The smallest absolute Gasteiger partial charge is 0.192 e. The maximum atomic E-state index is 6.93. The highest BCUT2D eigenvalue weighted by atomic mass is 28.4. The van der Waals surface area contributed by atoms with Gasteiger partial charge in [-0.05, 0) is 37.5 Å². The van der Waals surface area contributed by atoms with E-state index in [-0.39, 0.29) is 29.1 Å². The Morgan fingerprint density at radius 2 is 1.76 bits per heavy atom. The minimum atomic E-state index is -1.94. The lowest BCUT2D eigenvalue weighted by atomic mass is 9.90. The molecule has 0 aliphatic carbocycles. The standard InChI is InChI=1S/C24H42O4Si/c1-18(15-25-16-20-13-11-10-12-14-20)22(28-29(8,9)23(3,4)5)19(2)21-17-26-24(6,7)27-21/h10-14,18-19,21-22H,15-17H2,1-9H3/t18-,19-,21-,22+/m0/s1. The number of hydrogen-bond donors (Lipinski definition) is 0. The van der Waals surface area contributed by atoms with Crippen molar-refractivity contribution < 1.29 is 18.6 Å². The minimum Gasteiger partial charge on any atom is -0.413 e. The summed E-state index contributed by atoms with van der Waals surface area (Å²) < 4.78 is 25.0. The summed E-state index contributed by atoms with van der Waals surface area (Å²) in [6.07, 6.45) is 0.102. The predicted octanol–water partition coefficient (Wildman–Crippen LogP) is 6.02. The van der Waals surface area contributed by atoms with Crippen molar-refractivity contribution in [1.29, 1.82) is 0 Å². The van der Waals surface area contributed by atoms with Gasteiger partial charge in [0.2, 0.25) is 0 Å². The molecule has 1 aromatic carbocycles. The Balaban J connectivity index is 2.08. The summed E-state index contributed by atoms with van der Waals surface area (Å²) in [5, 5.41) is 0.155. The molecule has 4 nitrogen and oxygen atoms in total. The molecule has 0 saturated carbocycles. The van der Waals surface area contributed by atoms with Crippen LogP contribution in [0.2, 0.25) is 18.1 Å². The molecule has 0 bridgehead atoms. The minimum absolute atomic E-state index is 0.0383. The van der Waals surface area contributed by atoms with Crippen molar-refractivity contribution >= 4 is 8.32 Å². The van der Waals surface area contributed by atoms with Gasteiger partial charge in [-0.3, -0.25) is 0 Å². The van der Waals surface area contributed by atoms with E-state index in [2.05, 4.69) is 59.8 Å². The van der Waals surface area contributed by atoms with Crippen molar-refractivity contribution in [3.63, 3.8) is 0 Å². The maximum Gasteiger partial charge on any atom is 0.192 e. The van der Waals surface area contributed by atoms with Crippen LogP contribution >= 0.6 is 0 Å². The van der Waals surface area contributed by atoms with Gasteiger partial charge < -0.3 is 18.6 Å². The van der Waals surface area contributed by atoms with Gasteiger partial charge in [0, 0.05) is 11.8 Å². The first kappa shape index (κ1) is 24.5. The van der Waals surface area contributed by atoms with E-state index < -0.39 is 14.1 Å². The van der Waals surface area contributed by atoms with Crippen molar-refractivity contribution in [2.24, 2.45) is 11.8 Å². The zero-order valence-electron chi connectivity index (χ0n) is 20.0. The van der Waals surface area contributed by atoms with E-state index in [1.807, 2.05) is 32.0 Å². The molecule has 1 aliphatic rings. The Bertz CT molecular complexity index is 624. The highest BCUT2D eigenvalue weighted by Crippen LogP contribution is 2.40. The first-order valence-electron chi connectivity index (χ1n) is 10.9. The summed E-state index contributed by atoms with van der Waals surface area (Å²) in [4.78, 5) is 0. The summed E-state index contributed by atoms with van der Waals surface area (Å²) >= 11 is 0. The van der Waals surface area contributed by atoms with Gasteiger partial charge in [0.05, 0.1) is 32.0 Å². The Labute approximate surface area is 179 Å². The van der Waals surface area contributed by atoms with Crippen LogP contribution in [0.3, 0.4) is 0 Å².